The fraction of sp³-hybridized carbons (Fsp3) is 0.154. The zero-order valence-electron chi connectivity index (χ0n) is 8.87. The molecule has 15 heavy (non-hydrogen) atoms. The average molecular weight is 199 g/mol. The van der Waals surface area contributed by atoms with Gasteiger partial charge in [-0.3, -0.25) is 4.79 Å². The van der Waals surface area contributed by atoms with Crippen LogP contribution in [0, 0.1) is 6.92 Å². The molecule has 2 nitrogen and oxygen atoms in total. The van der Waals surface area contributed by atoms with Crippen molar-refractivity contribution in [2.75, 3.05) is 0 Å². The van der Waals surface area contributed by atoms with E-state index in [1.54, 1.807) is 13.1 Å². The van der Waals surface area contributed by atoms with E-state index in [-0.39, 0.29) is 5.78 Å². The van der Waals surface area contributed by atoms with Crippen molar-refractivity contribution in [3.63, 3.8) is 0 Å². The average Bonchev–Trinajstić information content (AvgIpc) is 2.61. The van der Waals surface area contributed by atoms with Gasteiger partial charge in [0.1, 0.15) is 0 Å². The van der Waals surface area contributed by atoms with Gasteiger partial charge in [0, 0.05) is 17.5 Å². The summed E-state index contributed by atoms with van der Waals surface area (Å²) in [5, 5.41) is 0. The third kappa shape index (κ3) is 1.71. The van der Waals surface area contributed by atoms with Crippen molar-refractivity contribution in [1.29, 1.82) is 0 Å². The number of hydrogen-bond donors (Lipinski definition) is 1. The van der Waals surface area contributed by atoms with Gasteiger partial charge in [0.2, 0.25) is 0 Å². The Morgan fingerprint density at radius 2 is 1.87 bits per heavy atom. The van der Waals surface area contributed by atoms with Crippen LogP contribution in [0.2, 0.25) is 0 Å². The first-order valence-electron chi connectivity index (χ1n) is 4.94. The first kappa shape index (κ1) is 9.71. The minimum absolute atomic E-state index is 0.103. The van der Waals surface area contributed by atoms with Crippen LogP contribution in [-0.2, 0) is 0 Å². The van der Waals surface area contributed by atoms with Gasteiger partial charge < -0.3 is 4.98 Å². The summed E-state index contributed by atoms with van der Waals surface area (Å²) in [5.41, 5.74) is 3.94. The second-order valence-corrected chi connectivity index (χ2v) is 3.62. The molecule has 0 bridgehead atoms. The summed E-state index contributed by atoms with van der Waals surface area (Å²) in [4.78, 5) is 14.4. The third-order valence-corrected chi connectivity index (χ3v) is 2.58. The number of carbonyl (C=O) groups excluding carboxylic acids is 1. The third-order valence-electron chi connectivity index (χ3n) is 2.58. The highest BCUT2D eigenvalue weighted by molar-refractivity contribution is 5.97. The van der Waals surface area contributed by atoms with Gasteiger partial charge in [0.25, 0.3) is 0 Å². The molecule has 2 aromatic rings. The number of ketones is 1. The molecule has 0 radical (unpaired) electrons. The first-order valence-corrected chi connectivity index (χ1v) is 4.94. The van der Waals surface area contributed by atoms with Crippen LogP contribution in [0.1, 0.15) is 22.8 Å². The maximum absolute atomic E-state index is 11.3. The zero-order chi connectivity index (χ0) is 10.8. The minimum atomic E-state index is 0.103. The Kier molecular flexibility index (Phi) is 2.42. The molecule has 0 aliphatic rings. The molecule has 1 aromatic carbocycles. The van der Waals surface area contributed by atoms with Gasteiger partial charge in [-0.05, 0) is 25.0 Å². The molecule has 2 rings (SSSR count). The lowest BCUT2D eigenvalue weighted by molar-refractivity contribution is 0.101. The molecule has 1 heterocycles. The Bertz CT molecular complexity index is 482. The lowest BCUT2D eigenvalue weighted by Crippen LogP contribution is -1.91. The fourth-order valence-corrected chi connectivity index (χ4v) is 1.77. The van der Waals surface area contributed by atoms with Crippen molar-refractivity contribution in [2.45, 2.75) is 13.8 Å². The number of aromatic nitrogens is 1. The van der Waals surface area contributed by atoms with Gasteiger partial charge in [-0.1, -0.05) is 30.3 Å². The number of nitrogens with one attached hydrogen (secondary N) is 1. The molecule has 0 spiro atoms. The van der Waals surface area contributed by atoms with Gasteiger partial charge in [0.15, 0.2) is 5.78 Å². The number of carbonyl (C=O) groups is 1. The number of aromatic amines is 1. The van der Waals surface area contributed by atoms with E-state index in [9.17, 15) is 4.79 Å². The van der Waals surface area contributed by atoms with Crippen LogP contribution < -0.4 is 0 Å². The van der Waals surface area contributed by atoms with Crippen molar-refractivity contribution in [2.24, 2.45) is 0 Å². The largest absolute Gasteiger partial charge is 0.360 e. The topological polar surface area (TPSA) is 32.9 Å². The highest BCUT2D eigenvalue weighted by atomic mass is 16.1. The highest BCUT2D eigenvalue weighted by Gasteiger charge is 2.11. The summed E-state index contributed by atoms with van der Waals surface area (Å²) in [6.07, 6.45) is 1.78. The summed E-state index contributed by atoms with van der Waals surface area (Å²) >= 11 is 0. The molecule has 0 atom stereocenters. The Labute approximate surface area is 89.0 Å². The SMILES string of the molecule is CC(=O)c1c[nH]c(-c2ccccc2)c1C. The molecular weight excluding hydrogens is 186 g/mol. The van der Waals surface area contributed by atoms with Crippen LogP contribution in [-0.4, -0.2) is 10.8 Å². The quantitative estimate of drug-likeness (QED) is 0.740. The number of hydrogen-bond acceptors (Lipinski definition) is 1. The van der Waals surface area contributed by atoms with Crippen molar-refractivity contribution < 1.29 is 4.79 Å². The molecule has 1 aromatic heterocycles. The van der Waals surface area contributed by atoms with Crippen LogP contribution in [0.25, 0.3) is 11.3 Å². The number of H-pyrrole nitrogens is 1. The first-order chi connectivity index (χ1) is 7.20. The van der Waals surface area contributed by atoms with Gasteiger partial charge >= 0.3 is 0 Å². The molecular formula is C13H13NO. The van der Waals surface area contributed by atoms with E-state index in [2.05, 4.69) is 4.98 Å². The summed E-state index contributed by atoms with van der Waals surface area (Å²) < 4.78 is 0. The van der Waals surface area contributed by atoms with Crippen LogP contribution in [0.3, 0.4) is 0 Å². The maximum Gasteiger partial charge on any atom is 0.161 e. The van der Waals surface area contributed by atoms with Crippen LogP contribution in [0.5, 0.6) is 0 Å². The molecule has 76 valence electrons. The second-order valence-electron chi connectivity index (χ2n) is 3.62. The molecule has 0 saturated carbocycles. The van der Waals surface area contributed by atoms with E-state index in [1.807, 2.05) is 37.3 Å². The van der Waals surface area contributed by atoms with E-state index in [0.717, 1.165) is 22.4 Å². The van der Waals surface area contributed by atoms with E-state index < -0.39 is 0 Å². The van der Waals surface area contributed by atoms with Crippen molar-refractivity contribution in [3.05, 3.63) is 47.7 Å². The van der Waals surface area contributed by atoms with Crippen molar-refractivity contribution >= 4 is 5.78 Å². The lowest BCUT2D eigenvalue weighted by Gasteiger charge is -2.00. The molecule has 2 heteroatoms. The summed E-state index contributed by atoms with van der Waals surface area (Å²) in [5.74, 6) is 0.103. The van der Waals surface area contributed by atoms with Crippen molar-refractivity contribution in [3.8, 4) is 11.3 Å². The van der Waals surface area contributed by atoms with Crippen molar-refractivity contribution in [1.82, 2.24) is 4.98 Å². The zero-order valence-corrected chi connectivity index (χ0v) is 8.87. The molecule has 0 unspecified atom stereocenters. The summed E-state index contributed by atoms with van der Waals surface area (Å²) in [6, 6.07) is 10.0. The predicted octanol–water partition coefficient (Wildman–Crippen LogP) is 3.19. The second kappa shape index (κ2) is 3.73. The Morgan fingerprint density at radius 3 is 2.40 bits per heavy atom. The monoisotopic (exact) mass is 199 g/mol. The Morgan fingerprint density at radius 1 is 1.20 bits per heavy atom. The normalized spacial score (nSPS) is 10.3. The summed E-state index contributed by atoms with van der Waals surface area (Å²) in [7, 11) is 0. The highest BCUT2D eigenvalue weighted by Crippen LogP contribution is 2.24. The molecule has 0 aliphatic heterocycles. The van der Waals surface area contributed by atoms with Crippen LogP contribution in [0.4, 0.5) is 0 Å². The van der Waals surface area contributed by atoms with E-state index in [0.29, 0.717) is 0 Å². The summed E-state index contributed by atoms with van der Waals surface area (Å²) in [6.45, 7) is 3.56. The smallest absolute Gasteiger partial charge is 0.161 e. The van der Waals surface area contributed by atoms with E-state index in [4.69, 9.17) is 0 Å². The molecule has 0 aliphatic carbocycles. The fourth-order valence-electron chi connectivity index (χ4n) is 1.77. The molecule has 0 amide bonds. The standard InChI is InChI=1S/C13H13NO/c1-9-12(10(2)15)8-14-13(9)11-6-4-3-5-7-11/h3-8,14H,1-2H3. The maximum atomic E-state index is 11.3. The van der Waals surface area contributed by atoms with Gasteiger partial charge in [-0.15, -0.1) is 0 Å². The number of rotatable bonds is 2. The minimum Gasteiger partial charge on any atom is -0.360 e. The molecule has 0 fully saturated rings. The van der Waals surface area contributed by atoms with Crippen LogP contribution in [0.15, 0.2) is 36.5 Å². The Hall–Kier alpha value is -1.83. The molecule has 0 saturated heterocycles. The van der Waals surface area contributed by atoms with Crippen LogP contribution >= 0.6 is 0 Å². The van der Waals surface area contributed by atoms with E-state index in [1.165, 1.54) is 0 Å². The lowest BCUT2D eigenvalue weighted by atomic mass is 10.0. The number of Topliss-reactive ketones (excluding diaryl/α,β-unsaturated/α-hetero) is 1. The van der Waals surface area contributed by atoms with Gasteiger partial charge in [-0.2, -0.15) is 0 Å². The number of benzene rings is 1. The van der Waals surface area contributed by atoms with Gasteiger partial charge in [0.05, 0.1) is 0 Å². The predicted molar refractivity (Wildman–Crippen MR) is 61.0 cm³/mol. The molecule has 1 N–H and O–H groups in total. The van der Waals surface area contributed by atoms with Gasteiger partial charge in [-0.25, -0.2) is 0 Å². The van der Waals surface area contributed by atoms with E-state index >= 15 is 0 Å². The Balaban J connectivity index is 2.52.